The minimum absolute atomic E-state index is 0.137. The van der Waals surface area contributed by atoms with Gasteiger partial charge in [-0.25, -0.2) is 5.01 Å². The largest absolute Gasteiger partial charge is 0.463 e. The Bertz CT molecular complexity index is 1430. The molecular formula is C28H21N3O3. The number of furan rings is 1. The summed E-state index contributed by atoms with van der Waals surface area (Å²) in [6.45, 7) is 0.455. The quantitative estimate of drug-likeness (QED) is 0.432. The lowest BCUT2D eigenvalue weighted by atomic mass is 9.93. The van der Waals surface area contributed by atoms with Crippen LogP contribution in [0.15, 0.2) is 107 Å². The van der Waals surface area contributed by atoms with Gasteiger partial charge in [0.2, 0.25) is 0 Å². The van der Waals surface area contributed by atoms with Crippen LogP contribution in [-0.2, 0) is 17.1 Å². The molecule has 3 aliphatic rings. The Kier molecular flexibility index (Phi) is 4.00. The van der Waals surface area contributed by atoms with Crippen LogP contribution in [-0.4, -0.2) is 16.6 Å². The zero-order chi connectivity index (χ0) is 22.7. The first kappa shape index (κ1) is 19.2. The minimum Gasteiger partial charge on any atom is -0.463 e. The second-order valence-corrected chi connectivity index (χ2v) is 8.77. The number of hydrazone groups is 1. The second-order valence-electron chi connectivity index (χ2n) is 8.77. The van der Waals surface area contributed by atoms with Crippen molar-refractivity contribution in [1.82, 2.24) is 5.01 Å². The van der Waals surface area contributed by atoms with Gasteiger partial charge in [-0.2, -0.15) is 5.10 Å². The molecule has 6 nitrogen and oxygen atoms in total. The van der Waals surface area contributed by atoms with E-state index in [2.05, 4.69) is 0 Å². The Morgan fingerprint density at radius 3 is 2.56 bits per heavy atom. The summed E-state index contributed by atoms with van der Waals surface area (Å²) in [6, 6.07) is 29.4. The monoisotopic (exact) mass is 447 g/mol. The third-order valence-corrected chi connectivity index (χ3v) is 6.85. The zero-order valence-electron chi connectivity index (χ0n) is 18.3. The van der Waals surface area contributed by atoms with E-state index in [4.69, 9.17) is 14.3 Å². The fraction of sp³-hybridized carbons (Fsp3) is 0.143. The van der Waals surface area contributed by atoms with Crippen LogP contribution in [0.4, 0.5) is 5.69 Å². The molecule has 4 aromatic rings. The topological polar surface area (TPSA) is 58.3 Å². The maximum Gasteiger partial charge on any atom is 0.306 e. The highest BCUT2D eigenvalue weighted by Crippen LogP contribution is 2.55. The molecule has 0 fully saturated rings. The molecule has 166 valence electrons. The van der Waals surface area contributed by atoms with E-state index in [-0.39, 0.29) is 11.9 Å². The maximum absolute atomic E-state index is 14.4. The predicted molar refractivity (Wildman–Crippen MR) is 127 cm³/mol. The van der Waals surface area contributed by atoms with Crippen LogP contribution in [0, 0.1) is 0 Å². The van der Waals surface area contributed by atoms with Crippen molar-refractivity contribution in [2.45, 2.75) is 24.7 Å². The molecular weight excluding hydrogens is 426 g/mol. The highest BCUT2D eigenvalue weighted by molar-refractivity contribution is 6.08. The van der Waals surface area contributed by atoms with E-state index >= 15 is 0 Å². The van der Waals surface area contributed by atoms with Gasteiger partial charge in [0.05, 0.1) is 30.1 Å². The highest BCUT2D eigenvalue weighted by Gasteiger charge is 2.63. The van der Waals surface area contributed by atoms with Crippen molar-refractivity contribution in [3.63, 3.8) is 0 Å². The molecule has 1 aromatic heterocycles. The molecule has 0 N–H and O–H groups in total. The summed E-state index contributed by atoms with van der Waals surface area (Å²) in [7, 11) is 0. The molecule has 0 saturated carbocycles. The molecule has 3 aliphatic heterocycles. The van der Waals surface area contributed by atoms with Gasteiger partial charge in [0, 0.05) is 12.0 Å². The van der Waals surface area contributed by atoms with Gasteiger partial charge in [0.1, 0.15) is 17.2 Å². The number of carbonyl (C=O) groups is 1. The van der Waals surface area contributed by atoms with Crippen molar-refractivity contribution in [2.24, 2.45) is 5.10 Å². The summed E-state index contributed by atoms with van der Waals surface area (Å²) >= 11 is 0. The molecule has 0 saturated heterocycles. The minimum atomic E-state index is -1.38. The molecule has 1 spiro atoms. The molecule has 1 amide bonds. The third-order valence-electron chi connectivity index (χ3n) is 6.85. The number of ether oxygens (including phenoxy) is 1. The number of benzene rings is 3. The normalized spacial score (nSPS) is 22.3. The predicted octanol–water partition coefficient (Wildman–Crippen LogP) is 5.22. The maximum atomic E-state index is 14.4. The molecule has 6 heteroatoms. The molecule has 7 rings (SSSR count). The lowest BCUT2D eigenvalue weighted by Crippen LogP contribution is -2.57. The fourth-order valence-electron chi connectivity index (χ4n) is 5.34. The van der Waals surface area contributed by atoms with E-state index in [9.17, 15) is 4.79 Å². The third kappa shape index (κ3) is 2.56. The number of hydrogen-bond donors (Lipinski definition) is 0. The molecule has 0 unspecified atom stereocenters. The van der Waals surface area contributed by atoms with Crippen LogP contribution in [0.5, 0.6) is 5.75 Å². The van der Waals surface area contributed by atoms with Crippen molar-refractivity contribution in [3.8, 4) is 5.75 Å². The van der Waals surface area contributed by atoms with Gasteiger partial charge in [-0.1, -0.05) is 66.7 Å². The fourth-order valence-corrected chi connectivity index (χ4v) is 5.34. The number of hydrogen-bond acceptors (Lipinski definition) is 5. The van der Waals surface area contributed by atoms with Gasteiger partial charge in [0.15, 0.2) is 0 Å². The Hall–Kier alpha value is -4.32. The Morgan fingerprint density at radius 1 is 0.912 bits per heavy atom. The van der Waals surface area contributed by atoms with Crippen molar-refractivity contribution in [2.75, 3.05) is 4.90 Å². The SMILES string of the molecule is O=C1N(Cc2ccccc2)c2ccccc2[C@@]12Oc1ccccc1[C@H]1CC(c3ccco3)=NN12. The summed E-state index contributed by atoms with van der Waals surface area (Å²) in [5.41, 5.74) is 3.15. The van der Waals surface area contributed by atoms with Gasteiger partial charge in [-0.05, 0) is 29.8 Å². The first-order chi connectivity index (χ1) is 16.8. The molecule has 4 heterocycles. The molecule has 0 radical (unpaired) electrons. The second kappa shape index (κ2) is 7.09. The lowest BCUT2D eigenvalue weighted by Gasteiger charge is -2.44. The summed E-state index contributed by atoms with van der Waals surface area (Å²) in [4.78, 5) is 16.2. The summed E-state index contributed by atoms with van der Waals surface area (Å²) in [5, 5.41) is 6.82. The van der Waals surface area contributed by atoms with Crippen LogP contribution in [0.3, 0.4) is 0 Å². The molecule has 0 aliphatic carbocycles. The summed E-state index contributed by atoms with van der Waals surface area (Å²) in [5.74, 6) is 1.28. The van der Waals surface area contributed by atoms with Gasteiger partial charge >= 0.3 is 5.72 Å². The molecule has 34 heavy (non-hydrogen) atoms. The Balaban J connectivity index is 1.42. The average Bonchev–Trinajstić information content (AvgIpc) is 3.61. The van der Waals surface area contributed by atoms with Crippen LogP contribution in [0.2, 0.25) is 0 Å². The van der Waals surface area contributed by atoms with Crippen molar-refractivity contribution >= 4 is 17.3 Å². The summed E-state index contributed by atoms with van der Waals surface area (Å²) < 4.78 is 12.3. The number of carbonyl (C=O) groups excluding carboxylic acids is 1. The first-order valence-corrected chi connectivity index (χ1v) is 11.4. The van der Waals surface area contributed by atoms with E-state index < -0.39 is 5.72 Å². The van der Waals surface area contributed by atoms with E-state index in [0.717, 1.165) is 28.1 Å². The van der Waals surface area contributed by atoms with Crippen molar-refractivity contribution in [3.05, 3.63) is 120 Å². The Morgan fingerprint density at radius 2 is 1.71 bits per heavy atom. The number of anilines is 1. The van der Waals surface area contributed by atoms with Gasteiger partial charge in [-0.15, -0.1) is 0 Å². The smallest absolute Gasteiger partial charge is 0.306 e. The zero-order valence-corrected chi connectivity index (χ0v) is 18.3. The molecule has 3 aromatic carbocycles. The summed E-state index contributed by atoms with van der Waals surface area (Å²) in [6.07, 6.45) is 2.27. The van der Waals surface area contributed by atoms with Gasteiger partial charge < -0.3 is 14.1 Å². The number of para-hydroxylation sites is 2. The van der Waals surface area contributed by atoms with Crippen molar-refractivity contribution in [1.29, 1.82) is 0 Å². The number of fused-ring (bicyclic) bond motifs is 6. The first-order valence-electron chi connectivity index (χ1n) is 11.4. The van der Waals surface area contributed by atoms with E-state index in [1.165, 1.54) is 0 Å². The average molecular weight is 447 g/mol. The standard InChI is InChI=1S/C28H21N3O3/c32-27-28(21-12-5-6-13-23(21)30(27)18-19-9-2-1-3-10-19)31-24(20-11-4-7-14-25(20)34-28)17-22(29-31)26-15-8-16-33-26/h1-16,24H,17-18H2/t24-,28-/m1/s1. The van der Waals surface area contributed by atoms with E-state index in [1.54, 1.807) is 6.26 Å². The number of amides is 1. The van der Waals surface area contributed by atoms with Crippen LogP contribution >= 0.6 is 0 Å². The number of rotatable bonds is 3. The Labute approximate surface area is 196 Å². The highest BCUT2D eigenvalue weighted by atomic mass is 16.5. The van der Waals surface area contributed by atoms with Crippen LogP contribution < -0.4 is 9.64 Å². The van der Waals surface area contributed by atoms with Gasteiger partial charge in [-0.3, -0.25) is 4.79 Å². The molecule has 2 atom stereocenters. The van der Waals surface area contributed by atoms with Crippen molar-refractivity contribution < 1.29 is 13.9 Å². The van der Waals surface area contributed by atoms with Gasteiger partial charge in [0.25, 0.3) is 5.91 Å². The lowest BCUT2D eigenvalue weighted by molar-refractivity contribution is -0.164. The molecule has 0 bridgehead atoms. The number of nitrogens with zero attached hydrogens (tertiary/aromatic N) is 3. The van der Waals surface area contributed by atoms with E-state index in [1.807, 2.05) is 101 Å². The van der Waals surface area contributed by atoms with E-state index in [0.29, 0.717) is 24.5 Å². The van der Waals surface area contributed by atoms with Crippen LogP contribution in [0.1, 0.15) is 34.9 Å². The van der Waals surface area contributed by atoms with Crippen LogP contribution in [0.25, 0.3) is 0 Å².